The predicted octanol–water partition coefficient (Wildman–Crippen LogP) is 22.4. The maximum absolute atomic E-state index is 12.8. The minimum absolute atomic E-state index is 0. The number of pyridine rings is 1. The summed E-state index contributed by atoms with van der Waals surface area (Å²) in [6, 6.07) is 46.7. The number of alkyl halides is 1. The summed E-state index contributed by atoms with van der Waals surface area (Å²) in [5, 5.41) is 43.3. The number of nitrogens with one attached hydrogen (secondary N) is 2. The van der Waals surface area contributed by atoms with E-state index in [1.54, 1.807) is 62.3 Å². The minimum atomic E-state index is -1.00. The van der Waals surface area contributed by atoms with Gasteiger partial charge in [-0.15, -0.1) is 0 Å². The van der Waals surface area contributed by atoms with Crippen molar-refractivity contribution >= 4 is 195 Å². The van der Waals surface area contributed by atoms with Crippen LogP contribution in [0.2, 0.25) is 0 Å². The number of fused-ring (bicyclic) bond motifs is 2. The number of nitrogens with zero attached hydrogens (tertiary/aromatic N) is 7. The van der Waals surface area contributed by atoms with Crippen LogP contribution in [0.1, 0.15) is 186 Å². The number of H-pyrrole nitrogens is 1. The molecule has 694 valence electrons. The zero-order valence-electron chi connectivity index (χ0n) is 80.9. The summed E-state index contributed by atoms with van der Waals surface area (Å²) in [5.41, 5.74) is 26.9. The molecule has 0 amide bonds. The number of aromatic nitrogens is 1. The molecule has 1 heterocycles. The van der Waals surface area contributed by atoms with E-state index in [1.165, 1.54) is 51.6 Å². The molecule has 0 atom stereocenters. The molecule has 8 N–H and O–H groups in total. The van der Waals surface area contributed by atoms with Crippen molar-refractivity contribution in [3.63, 3.8) is 0 Å². The number of nitro benzene ring substituents is 2. The number of carboxylic acids is 2. The number of halogens is 7. The summed E-state index contributed by atoms with van der Waals surface area (Å²) in [7, 11) is 19.7. The van der Waals surface area contributed by atoms with E-state index >= 15 is 0 Å². The van der Waals surface area contributed by atoms with E-state index in [4.69, 9.17) is 16.6 Å². The zero-order valence-corrected chi connectivity index (χ0v) is 95.3. The van der Waals surface area contributed by atoms with Gasteiger partial charge < -0.3 is 85.2 Å². The van der Waals surface area contributed by atoms with Crippen molar-refractivity contribution in [2.45, 2.75) is 173 Å². The van der Waals surface area contributed by atoms with Crippen molar-refractivity contribution in [2.24, 2.45) is 0 Å². The van der Waals surface area contributed by atoms with E-state index in [9.17, 15) is 48.9 Å². The number of nitrogens with two attached hydrogens (primary N) is 2. The number of para-hydroxylation sites is 4. The molecule has 0 unspecified atom stereocenters. The van der Waals surface area contributed by atoms with Gasteiger partial charge in [0.2, 0.25) is 5.82 Å². The van der Waals surface area contributed by atoms with Crippen LogP contribution in [0.15, 0.2) is 176 Å². The van der Waals surface area contributed by atoms with E-state index in [0.717, 1.165) is 81.0 Å². The van der Waals surface area contributed by atoms with Crippen LogP contribution < -0.4 is 122 Å². The summed E-state index contributed by atoms with van der Waals surface area (Å²) < 4.78 is 21.7. The van der Waals surface area contributed by atoms with Gasteiger partial charge in [-0.1, -0.05) is 262 Å². The molecule has 0 aliphatic carbocycles. The fraction of sp³-hybridized carbons (Fsp3) is 0.389. The standard InChI is InChI=1S/C16H17BrN2O2.C16H15BrN2O.C9H12IN.C9H12N2O2.C9H14N2.C7H6BrNO2.C7H6FNO2.C4H7IO2.9C2H6.HI.K/c1-10-5-4-6-13(15(10)19(2)3)18-14-9-11(17)7-8-12(14)16(20)21;1-9-4-6-12-14(15(9)19(2)3)18-13-8-10(17)5-7-11(13)16(12)20;1-7-5-4-6-8(10)9(7)11(2)3;1-7-5-4-6-8(11(12)13)9(7)10(2)3;1-7-5-4-6-8(10)9(7)11(2)3;8-4-1-2-5(7(10)11)6(9)3-4;1-5-3-2-4-6(7(5)8)9(10)11;1-2-7-4(6)3-5;9*1-2;;/h4-9,18H,1-3H3,(H,20,21);4-8H,1-3H3,(H,18,20);4-6H,1-3H3;4-6H,1-3H3;4-6H,10H2,1-3H3;1-3H,9H2,(H,10,11);2-4H,1H3;2-3H2,1H3;9*1-2H3;1H;/q;;;;;;;;;;;;;;;;;;+1/p-1. The normalized spacial score (nSPS) is 8.84. The number of hydrogen-bond donors (Lipinski definition) is 6. The Morgan fingerprint density at radius 3 is 1.19 bits per heavy atom. The van der Waals surface area contributed by atoms with Crippen molar-refractivity contribution in [1.82, 2.24) is 4.98 Å². The number of nitro groups is 2. The molecule has 1 aromatic heterocycles. The minimum Gasteiger partial charge on any atom is -1.00 e. The molecule has 9 aromatic carbocycles. The second-order valence-electron chi connectivity index (χ2n) is 24.1. The second kappa shape index (κ2) is 79.4. The van der Waals surface area contributed by atoms with Crippen LogP contribution in [0.4, 0.5) is 67.0 Å². The molecular weight excluding hydrogens is 2150 g/mol. The van der Waals surface area contributed by atoms with Crippen molar-refractivity contribution in [2.75, 3.05) is 123 Å². The maximum Gasteiger partial charge on any atom is 1.00 e. The van der Waals surface area contributed by atoms with Crippen LogP contribution in [-0.2, 0) is 9.53 Å². The first-order valence-corrected chi connectivity index (χ1v) is 46.0. The molecule has 0 aliphatic rings. The third-order valence-corrected chi connectivity index (χ3v) is 17.9. The van der Waals surface area contributed by atoms with Crippen molar-refractivity contribution < 1.29 is 119 Å². The number of benzene rings is 9. The molecule has 10 rings (SSSR count). The van der Waals surface area contributed by atoms with Gasteiger partial charge in [-0.2, -0.15) is 4.39 Å². The number of aromatic amines is 1. The van der Waals surface area contributed by atoms with Crippen LogP contribution >= 0.6 is 93.0 Å². The number of esters is 1. The Kier molecular flexibility index (Phi) is 86.5. The van der Waals surface area contributed by atoms with Gasteiger partial charge in [0.15, 0.2) is 5.43 Å². The SMILES string of the molecule is CC.CC.CC.CC.CC.CC.CC.CC.CC.CCOC(=O)CI.Cc1ccc2c(=O)c3ccc(Br)cc3[nH]c2c1N(C)C.Cc1cccc(I)c1N(C)C.Cc1cccc(N)c1N(C)C.Cc1cccc(Nc2cc(Br)ccc2C(=O)O)c1N(C)C.Cc1cccc([N+](=O)[O-])c1F.Cc1cccc([N+](=O)[O-])c1N(C)C.Nc1cc(Br)ccc1C(=O)O.[I-].[K+]. The molecule has 22 nitrogen and oxygen atoms in total. The molecule has 30 heteroatoms. The molecule has 0 spiro atoms. The summed E-state index contributed by atoms with van der Waals surface area (Å²) >= 11 is 14.3. The Balaban J connectivity index is -0.000000174. The second-order valence-corrected chi connectivity index (χ2v) is 28.8. The number of nitrogen functional groups attached to an aromatic ring is 2. The van der Waals surface area contributed by atoms with Gasteiger partial charge in [0.1, 0.15) is 5.69 Å². The Hall–Kier alpha value is -6.74. The number of ether oxygens (including phenoxy) is 1. The maximum atomic E-state index is 12.8. The number of carbonyl (C=O) groups excluding carboxylic acids is 1. The first-order chi connectivity index (χ1) is 58.2. The van der Waals surface area contributed by atoms with Gasteiger partial charge >= 0.3 is 75.0 Å². The van der Waals surface area contributed by atoms with Crippen LogP contribution in [0.5, 0.6) is 0 Å². The summed E-state index contributed by atoms with van der Waals surface area (Å²) in [4.78, 5) is 77.7. The number of carbonyl (C=O) groups is 3. The molecule has 10 aromatic rings. The van der Waals surface area contributed by atoms with Gasteiger partial charge in [0.05, 0.1) is 82.9 Å². The number of aryl methyl sites for hydroxylation is 6. The van der Waals surface area contributed by atoms with Crippen molar-refractivity contribution in [3.05, 3.63) is 255 Å². The van der Waals surface area contributed by atoms with Gasteiger partial charge in [-0.05, 0) is 183 Å². The Morgan fingerprint density at radius 1 is 0.464 bits per heavy atom. The number of hydrogen-bond acceptors (Lipinski definition) is 17. The smallest absolute Gasteiger partial charge is 1.00 e. The molecule has 0 saturated carbocycles. The van der Waals surface area contributed by atoms with Gasteiger partial charge in [0, 0.05) is 116 Å². The van der Waals surface area contributed by atoms with Crippen molar-refractivity contribution in [3.8, 4) is 0 Å². The van der Waals surface area contributed by atoms with Gasteiger partial charge in [-0.3, -0.25) is 29.8 Å². The molecule has 0 fully saturated rings. The Bertz CT molecular complexity index is 4660. The van der Waals surface area contributed by atoms with Crippen LogP contribution in [0.3, 0.4) is 0 Å². The zero-order chi connectivity index (χ0) is 97.4. The fourth-order valence-electron chi connectivity index (χ4n) is 10.5. The Morgan fingerprint density at radius 2 is 0.824 bits per heavy atom. The third kappa shape index (κ3) is 50.1. The largest absolute Gasteiger partial charge is 1.00 e. The average molecular weight is 2290 g/mol. The quantitative estimate of drug-likeness (QED) is 0.00913. The third-order valence-electron chi connectivity index (χ3n) is 15.0. The van der Waals surface area contributed by atoms with Crippen LogP contribution in [0.25, 0.3) is 21.8 Å². The summed E-state index contributed by atoms with van der Waals surface area (Å²) in [5.74, 6) is -2.85. The first kappa shape index (κ1) is 136. The fourth-order valence-corrected chi connectivity index (χ4v) is 13.0. The molecular formula is C95H143Br3FI3KN11O11. The monoisotopic (exact) mass is 2290 g/mol. The average Bonchev–Trinajstić information content (AvgIpc) is 0.756. The first-order valence-electron chi connectivity index (χ1n) is 41.0. The predicted molar refractivity (Wildman–Crippen MR) is 560 cm³/mol. The van der Waals surface area contributed by atoms with Crippen molar-refractivity contribution in [1.29, 1.82) is 0 Å². The van der Waals surface area contributed by atoms with E-state index in [0.29, 0.717) is 33.4 Å². The van der Waals surface area contributed by atoms with E-state index in [1.807, 2.05) is 285 Å². The van der Waals surface area contributed by atoms with Gasteiger partial charge in [0.25, 0.3) is 5.69 Å². The van der Waals surface area contributed by atoms with E-state index < -0.39 is 28.4 Å². The van der Waals surface area contributed by atoms with Crippen LogP contribution in [-0.4, -0.2) is 124 Å². The van der Waals surface area contributed by atoms with E-state index in [2.05, 4.69) is 149 Å². The summed E-state index contributed by atoms with van der Waals surface area (Å²) in [6.45, 7) is 49.9. The topological polar surface area (TPSA) is 300 Å². The Labute approximate surface area is 860 Å². The molecule has 125 heavy (non-hydrogen) atoms. The molecule has 0 radical (unpaired) electrons. The summed E-state index contributed by atoms with van der Waals surface area (Å²) in [6.07, 6.45) is 0. The molecule has 0 aliphatic heterocycles. The molecule has 0 bridgehead atoms. The van der Waals surface area contributed by atoms with E-state index in [-0.39, 0.29) is 114 Å². The number of aromatic carboxylic acids is 2. The number of rotatable bonds is 13. The number of carboxylic acid groups (broad SMARTS) is 2. The number of anilines is 9. The van der Waals surface area contributed by atoms with Crippen LogP contribution in [0, 0.1) is 71.2 Å². The molecule has 0 saturated heterocycles. The van der Waals surface area contributed by atoms with Gasteiger partial charge in [-0.25, -0.2) is 9.59 Å².